The number of hydrogen-bond donors (Lipinski definition) is 1. The van der Waals surface area contributed by atoms with Crippen LogP contribution < -0.4 is 10.1 Å². The monoisotopic (exact) mass is 407 g/mol. The maximum atomic E-state index is 13.2. The standard InChI is InChI=1S/C19H22FN3O4S/c1-27-18-8-2-5-15(11-18)13-22-9-4-10-23(28(22,25)26)14-19(24)21-17-7-3-6-16(20)12-17/h2-3,5-8,11-12H,4,9-10,13-14H2,1H3,(H,21,24). The molecule has 7 nitrogen and oxygen atoms in total. The van der Waals surface area contributed by atoms with E-state index in [0.717, 1.165) is 9.87 Å². The first kappa shape index (κ1) is 20.2. The van der Waals surface area contributed by atoms with Gasteiger partial charge in [-0.15, -0.1) is 0 Å². The van der Waals surface area contributed by atoms with Crippen LogP contribution in [0, 0.1) is 5.82 Å². The summed E-state index contributed by atoms with van der Waals surface area (Å²) in [5, 5.41) is 2.53. The van der Waals surface area contributed by atoms with E-state index in [0.29, 0.717) is 18.7 Å². The second-order valence-corrected chi connectivity index (χ2v) is 8.37. The molecule has 2 aromatic carbocycles. The summed E-state index contributed by atoms with van der Waals surface area (Å²) in [4.78, 5) is 12.3. The molecular weight excluding hydrogens is 385 g/mol. The Bertz CT molecular complexity index is 952. The van der Waals surface area contributed by atoms with E-state index in [9.17, 15) is 17.6 Å². The van der Waals surface area contributed by atoms with Gasteiger partial charge < -0.3 is 10.1 Å². The number of nitrogens with zero attached hydrogens (tertiary/aromatic N) is 2. The molecule has 0 radical (unpaired) electrons. The Morgan fingerprint density at radius 3 is 2.64 bits per heavy atom. The lowest BCUT2D eigenvalue weighted by Gasteiger charge is -2.34. The molecule has 9 heteroatoms. The first-order chi connectivity index (χ1) is 13.4. The zero-order valence-corrected chi connectivity index (χ0v) is 16.3. The largest absolute Gasteiger partial charge is 0.497 e. The van der Waals surface area contributed by atoms with Gasteiger partial charge in [-0.3, -0.25) is 4.79 Å². The third kappa shape index (κ3) is 4.86. The number of rotatable bonds is 6. The summed E-state index contributed by atoms with van der Waals surface area (Å²) in [5.41, 5.74) is 1.08. The Kier molecular flexibility index (Phi) is 6.28. The molecule has 0 bridgehead atoms. The van der Waals surface area contributed by atoms with Gasteiger partial charge in [0.15, 0.2) is 0 Å². The highest BCUT2D eigenvalue weighted by molar-refractivity contribution is 7.86. The van der Waals surface area contributed by atoms with Crippen LogP contribution in [0.15, 0.2) is 48.5 Å². The molecule has 0 aliphatic carbocycles. The van der Waals surface area contributed by atoms with Crippen molar-refractivity contribution in [2.24, 2.45) is 0 Å². The number of anilines is 1. The van der Waals surface area contributed by atoms with Crippen molar-refractivity contribution < 1.29 is 22.3 Å². The Labute approximate surface area is 163 Å². The van der Waals surface area contributed by atoms with Gasteiger partial charge in [0.25, 0.3) is 10.2 Å². The maximum Gasteiger partial charge on any atom is 0.282 e. The highest BCUT2D eigenvalue weighted by Crippen LogP contribution is 2.21. The van der Waals surface area contributed by atoms with Gasteiger partial charge in [-0.05, 0) is 42.3 Å². The van der Waals surface area contributed by atoms with E-state index >= 15 is 0 Å². The van der Waals surface area contributed by atoms with E-state index in [1.165, 1.54) is 22.5 Å². The van der Waals surface area contributed by atoms with Gasteiger partial charge in [-0.25, -0.2) is 4.39 Å². The molecule has 3 rings (SSSR count). The number of carbonyl (C=O) groups is 1. The van der Waals surface area contributed by atoms with Gasteiger partial charge in [0, 0.05) is 25.3 Å². The number of ether oxygens (including phenoxy) is 1. The van der Waals surface area contributed by atoms with Gasteiger partial charge in [0.2, 0.25) is 5.91 Å². The van der Waals surface area contributed by atoms with E-state index in [-0.39, 0.29) is 25.3 Å². The molecule has 0 unspecified atom stereocenters. The van der Waals surface area contributed by atoms with Crippen LogP contribution in [0.1, 0.15) is 12.0 Å². The number of hydrogen-bond acceptors (Lipinski definition) is 4. The number of benzene rings is 2. The van der Waals surface area contributed by atoms with Crippen LogP contribution in [0.5, 0.6) is 5.75 Å². The number of carbonyl (C=O) groups excluding carboxylic acids is 1. The fourth-order valence-corrected chi connectivity index (χ4v) is 4.68. The van der Waals surface area contributed by atoms with Crippen LogP contribution in [-0.4, -0.2) is 49.7 Å². The highest BCUT2D eigenvalue weighted by Gasteiger charge is 2.34. The quantitative estimate of drug-likeness (QED) is 0.797. The predicted octanol–water partition coefficient (Wildman–Crippen LogP) is 2.23. The first-order valence-electron chi connectivity index (χ1n) is 8.82. The van der Waals surface area contributed by atoms with Gasteiger partial charge in [-0.2, -0.15) is 17.0 Å². The maximum absolute atomic E-state index is 13.2. The summed E-state index contributed by atoms with van der Waals surface area (Å²) in [6.07, 6.45) is 0.608. The summed E-state index contributed by atoms with van der Waals surface area (Å²) >= 11 is 0. The molecule has 0 aromatic heterocycles. The van der Waals surface area contributed by atoms with Gasteiger partial charge >= 0.3 is 0 Å². The zero-order valence-electron chi connectivity index (χ0n) is 15.5. The summed E-state index contributed by atoms with van der Waals surface area (Å²) in [5.74, 6) is -0.344. The van der Waals surface area contributed by atoms with Crippen molar-refractivity contribution in [3.05, 3.63) is 59.9 Å². The Balaban J connectivity index is 1.67. The topological polar surface area (TPSA) is 79.0 Å². The average Bonchev–Trinajstić information content (AvgIpc) is 2.65. The van der Waals surface area contributed by atoms with Crippen LogP contribution in [0.2, 0.25) is 0 Å². The summed E-state index contributed by atoms with van der Waals surface area (Å²) in [7, 11) is -2.24. The van der Waals surface area contributed by atoms with Crippen LogP contribution in [0.25, 0.3) is 0 Å². The van der Waals surface area contributed by atoms with Crippen molar-refractivity contribution >= 4 is 21.8 Å². The van der Waals surface area contributed by atoms with E-state index in [1.54, 1.807) is 31.4 Å². The SMILES string of the molecule is COc1cccc(CN2CCCN(CC(=O)Nc3cccc(F)c3)S2(=O)=O)c1. The van der Waals surface area contributed by atoms with Crippen LogP contribution >= 0.6 is 0 Å². The fraction of sp³-hybridized carbons (Fsp3) is 0.316. The third-order valence-corrected chi connectivity index (χ3v) is 6.32. The number of methoxy groups -OCH3 is 1. The molecule has 1 saturated heterocycles. The van der Waals surface area contributed by atoms with Crippen molar-refractivity contribution in [1.29, 1.82) is 0 Å². The van der Waals surface area contributed by atoms with E-state index in [4.69, 9.17) is 4.74 Å². The minimum absolute atomic E-state index is 0.196. The third-order valence-electron chi connectivity index (χ3n) is 4.39. The van der Waals surface area contributed by atoms with Gasteiger partial charge in [0.05, 0.1) is 13.7 Å². The number of nitrogens with one attached hydrogen (secondary N) is 1. The molecule has 0 spiro atoms. The lowest BCUT2D eigenvalue weighted by molar-refractivity contribution is -0.116. The molecule has 1 amide bonds. The van der Waals surface area contributed by atoms with Crippen LogP contribution in [0.4, 0.5) is 10.1 Å². The van der Waals surface area contributed by atoms with E-state index in [1.807, 2.05) is 6.07 Å². The smallest absolute Gasteiger partial charge is 0.282 e. The van der Waals surface area contributed by atoms with Crippen molar-refractivity contribution in [3.8, 4) is 5.75 Å². The molecule has 1 aliphatic heterocycles. The summed E-state index contributed by atoms with van der Waals surface area (Å²) in [6.45, 7) is 0.504. The predicted molar refractivity (Wildman–Crippen MR) is 104 cm³/mol. The molecule has 1 heterocycles. The molecule has 1 fully saturated rings. The Morgan fingerprint density at radius 1 is 1.14 bits per heavy atom. The fourth-order valence-electron chi connectivity index (χ4n) is 3.04. The first-order valence-corrected chi connectivity index (χ1v) is 10.2. The van der Waals surface area contributed by atoms with Crippen molar-refractivity contribution in [3.63, 3.8) is 0 Å². The molecule has 28 heavy (non-hydrogen) atoms. The molecule has 2 aromatic rings. The van der Waals surface area contributed by atoms with Gasteiger partial charge in [0.1, 0.15) is 11.6 Å². The molecule has 150 valence electrons. The zero-order chi connectivity index (χ0) is 20.1. The van der Waals surface area contributed by atoms with E-state index in [2.05, 4.69) is 5.32 Å². The highest BCUT2D eigenvalue weighted by atomic mass is 32.2. The summed E-state index contributed by atoms with van der Waals surface area (Å²) in [6, 6.07) is 12.7. The lowest BCUT2D eigenvalue weighted by Crippen LogP contribution is -2.51. The van der Waals surface area contributed by atoms with Crippen molar-refractivity contribution in [1.82, 2.24) is 8.61 Å². The Hall–Kier alpha value is -2.49. The van der Waals surface area contributed by atoms with Crippen LogP contribution in [0.3, 0.4) is 0 Å². The Morgan fingerprint density at radius 2 is 1.89 bits per heavy atom. The van der Waals surface area contributed by atoms with Crippen LogP contribution in [-0.2, 0) is 21.5 Å². The molecule has 1 N–H and O–H groups in total. The van der Waals surface area contributed by atoms with E-state index < -0.39 is 21.9 Å². The molecule has 0 atom stereocenters. The molecule has 0 saturated carbocycles. The minimum Gasteiger partial charge on any atom is -0.497 e. The second-order valence-electron chi connectivity index (χ2n) is 6.44. The number of amides is 1. The second kappa shape index (κ2) is 8.68. The minimum atomic E-state index is -3.79. The van der Waals surface area contributed by atoms with Gasteiger partial charge in [-0.1, -0.05) is 18.2 Å². The van der Waals surface area contributed by atoms with Crippen molar-refractivity contribution in [2.45, 2.75) is 13.0 Å². The lowest BCUT2D eigenvalue weighted by atomic mass is 10.2. The molecule has 1 aliphatic rings. The normalized spacial score (nSPS) is 17.2. The van der Waals surface area contributed by atoms with Crippen molar-refractivity contribution in [2.75, 3.05) is 32.1 Å². The number of halogens is 1. The summed E-state index contributed by atoms with van der Waals surface area (Å²) < 4.78 is 46.7. The molecular formula is C19H22FN3O4S. The average molecular weight is 407 g/mol.